The van der Waals surface area contributed by atoms with Gasteiger partial charge in [-0.3, -0.25) is 9.58 Å². The Morgan fingerprint density at radius 3 is 2.71 bits per heavy atom. The van der Waals surface area contributed by atoms with Crippen LogP contribution in [0.2, 0.25) is 0 Å². The Labute approximate surface area is 221 Å². The molecule has 0 bridgehead atoms. The molecule has 2 aromatic carbocycles. The van der Waals surface area contributed by atoms with E-state index in [0.717, 1.165) is 67.5 Å². The fourth-order valence-corrected chi connectivity index (χ4v) is 4.53. The number of hydrogen-bond donors (Lipinski definition) is 2. The van der Waals surface area contributed by atoms with Crippen molar-refractivity contribution >= 4 is 17.7 Å². The van der Waals surface area contributed by atoms with Crippen molar-refractivity contribution in [1.82, 2.24) is 24.6 Å². The zero-order chi connectivity index (χ0) is 26.3. The number of amides is 1. The molecule has 196 valence electrons. The molecule has 0 atom stereocenters. The number of primary amides is 1. The highest BCUT2D eigenvalue weighted by Crippen LogP contribution is 2.32. The largest absolute Gasteiger partial charge is 0.411 e. The number of carbonyl (C=O) groups excluding carboxylic acids is 1. The van der Waals surface area contributed by atoms with E-state index in [-0.39, 0.29) is 0 Å². The second-order valence-electron chi connectivity index (χ2n) is 8.96. The number of morpholine rings is 1. The van der Waals surface area contributed by atoms with Gasteiger partial charge in [0.2, 0.25) is 5.95 Å². The fraction of sp³-hybridized carbons (Fsp3) is 0.286. The summed E-state index contributed by atoms with van der Waals surface area (Å²) in [6, 6.07) is 17.4. The molecule has 0 radical (unpaired) electrons. The lowest BCUT2D eigenvalue weighted by Gasteiger charge is -2.26. The molecule has 0 aliphatic carbocycles. The molecule has 1 aliphatic heterocycles. The molecule has 10 nitrogen and oxygen atoms in total. The molecule has 10 heteroatoms. The van der Waals surface area contributed by atoms with Gasteiger partial charge in [-0.25, -0.2) is 14.8 Å². The monoisotopic (exact) mass is 513 g/mol. The zero-order valence-corrected chi connectivity index (χ0v) is 21.3. The second kappa shape index (κ2) is 11.8. The van der Waals surface area contributed by atoms with E-state index >= 15 is 0 Å². The van der Waals surface area contributed by atoms with Crippen LogP contribution in [0.1, 0.15) is 12.5 Å². The number of aryl methyl sites for hydroxylation is 1. The van der Waals surface area contributed by atoms with Crippen LogP contribution in [-0.2, 0) is 17.7 Å². The third-order valence-corrected chi connectivity index (χ3v) is 6.42. The zero-order valence-electron chi connectivity index (χ0n) is 21.3. The summed E-state index contributed by atoms with van der Waals surface area (Å²) in [6.45, 7) is 7.32. The van der Waals surface area contributed by atoms with E-state index in [2.05, 4.69) is 38.5 Å². The number of nitrogens with one attached hydrogen (secondary N) is 1. The molecule has 3 N–H and O–H groups in total. The first-order chi connectivity index (χ1) is 18.6. The van der Waals surface area contributed by atoms with Gasteiger partial charge in [0.25, 0.3) is 0 Å². The van der Waals surface area contributed by atoms with Gasteiger partial charge in [-0.2, -0.15) is 5.10 Å². The van der Waals surface area contributed by atoms with E-state index in [1.54, 1.807) is 18.3 Å². The number of anilines is 2. The van der Waals surface area contributed by atoms with Crippen LogP contribution in [0.15, 0.2) is 67.0 Å². The maximum Gasteiger partial charge on any atom is 0.409 e. The summed E-state index contributed by atoms with van der Waals surface area (Å²) in [4.78, 5) is 22.7. The van der Waals surface area contributed by atoms with Crippen LogP contribution in [0.4, 0.5) is 16.4 Å². The van der Waals surface area contributed by atoms with Gasteiger partial charge in [0.1, 0.15) is 5.75 Å². The average Bonchev–Trinajstić information content (AvgIpc) is 3.37. The highest BCUT2D eigenvalue weighted by Gasteiger charge is 2.16. The Bertz CT molecular complexity index is 1380. The number of nitrogens with two attached hydrogens (primary N) is 1. The molecule has 5 rings (SSSR count). The van der Waals surface area contributed by atoms with Gasteiger partial charge in [0, 0.05) is 49.2 Å². The van der Waals surface area contributed by atoms with E-state index in [4.69, 9.17) is 20.2 Å². The Balaban J connectivity index is 1.34. The predicted octanol–water partition coefficient (Wildman–Crippen LogP) is 4.10. The molecule has 38 heavy (non-hydrogen) atoms. The normalized spacial score (nSPS) is 13.8. The third kappa shape index (κ3) is 6.16. The maximum absolute atomic E-state index is 11.1. The van der Waals surface area contributed by atoms with E-state index in [0.29, 0.717) is 18.2 Å². The minimum absolute atomic E-state index is 0.381. The summed E-state index contributed by atoms with van der Waals surface area (Å²) in [7, 11) is 0. The van der Waals surface area contributed by atoms with Crippen LogP contribution in [0.3, 0.4) is 0 Å². The van der Waals surface area contributed by atoms with Crippen LogP contribution < -0.4 is 15.8 Å². The number of rotatable bonds is 9. The van der Waals surface area contributed by atoms with Crippen molar-refractivity contribution in [2.24, 2.45) is 5.73 Å². The molecule has 1 amide bonds. The lowest BCUT2D eigenvalue weighted by atomic mass is 10.1. The van der Waals surface area contributed by atoms with Crippen LogP contribution in [-0.4, -0.2) is 63.6 Å². The minimum atomic E-state index is -0.847. The van der Waals surface area contributed by atoms with Gasteiger partial charge in [-0.05, 0) is 61.4 Å². The van der Waals surface area contributed by atoms with Crippen LogP contribution in [0, 0.1) is 0 Å². The van der Waals surface area contributed by atoms with Gasteiger partial charge in [0.15, 0.2) is 0 Å². The lowest BCUT2D eigenvalue weighted by molar-refractivity contribution is 0.0384. The summed E-state index contributed by atoms with van der Waals surface area (Å²) in [5, 5.41) is 7.92. The van der Waals surface area contributed by atoms with Crippen molar-refractivity contribution < 1.29 is 14.3 Å². The maximum atomic E-state index is 11.1. The highest BCUT2D eigenvalue weighted by molar-refractivity contribution is 5.80. The van der Waals surface area contributed by atoms with Gasteiger partial charge >= 0.3 is 6.09 Å². The molecular weight excluding hydrogens is 482 g/mol. The number of aromatic nitrogens is 4. The molecule has 1 aliphatic rings. The average molecular weight is 514 g/mol. The molecule has 4 aromatic rings. The molecule has 1 saturated heterocycles. The van der Waals surface area contributed by atoms with Crippen molar-refractivity contribution in [3.8, 4) is 28.3 Å². The standard InChI is InChI=1S/C28H31N7O3/c1-2-35-26(21-6-8-23(9-7-21)38-27(29)36)24(19-31-35)25-10-12-30-28(33-25)32-22-5-3-4-20(18-22)11-13-34-14-16-37-17-15-34/h3-10,12,18-19H,2,11,13-17H2,1H3,(H2,29,36)(H,30,32,33). The SMILES string of the molecule is CCn1ncc(-c2ccnc(Nc3cccc(CCN4CCOCC4)c3)n2)c1-c1ccc(OC(N)=O)cc1. The van der Waals surface area contributed by atoms with Crippen molar-refractivity contribution in [3.63, 3.8) is 0 Å². The topological polar surface area (TPSA) is 120 Å². The summed E-state index contributed by atoms with van der Waals surface area (Å²) < 4.78 is 12.3. The quantitative estimate of drug-likeness (QED) is 0.343. The fourth-order valence-electron chi connectivity index (χ4n) is 4.53. The smallest absolute Gasteiger partial charge is 0.409 e. The van der Waals surface area contributed by atoms with E-state index in [9.17, 15) is 4.79 Å². The van der Waals surface area contributed by atoms with E-state index in [1.807, 2.05) is 42.1 Å². The first-order valence-corrected chi connectivity index (χ1v) is 12.7. The molecular formula is C28H31N7O3. The number of carbonyl (C=O) groups is 1. The van der Waals surface area contributed by atoms with Crippen molar-refractivity contribution in [3.05, 3.63) is 72.6 Å². The molecule has 0 spiro atoms. The molecule has 2 aromatic heterocycles. The van der Waals surface area contributed by atoms with Crippen LogP contribution in [0.5, 0.6) is 5.75 Å². The van der Waals surface area contributed by atoms with E-state index in [1.165, 1.54) is 5.56 Å². The number of nitrogens with zero attached hydrogens (tertiary/aromatic N) is 5. The van der Waals surface area contributed by atoms with Crippen molar-refractivity contribution in [2.75, 3.05) is 38.2 Å². The Morgan fingerprint density at radius 2 is 1.95 bits per heavy atom. The van der Waals surface area contributed by atoms with Crippen LogP contribution >= 0.6 is 0 Å². The third-order valence-electron chi connectivity index (χ3n) is 6.42. The summed E-state index contributed by atoms with van der Waals surface area (Å²) in [6.07, 6.45) is 3.68. The first-order valence-electron chi connectivity index (χ1n) is 12.7. The number of benzene rings is 2. The summed E-state index contributed by atoms with van der Waals surface area (Å²) in [5.41, 5.74) is 10.8. The summed E-state index contributed by atoms with van der Waals surface area (Å²) >= 11 is 0. The summed E-state index contributed by atoms with van der Waals surface area (Å²) in [5.74, 6) is 0.888. The second-order valence-corrected chi connectivity index (χ2v) is 8.96. The number of hydrogen-bond acceptors (Lipinski definition) is 8. The van der Waals surface area contributed by atoms with Gasteiger partial charge < -0.3 is 20.5 Å². The molecule has 1 fully saturated rings. The van der Waals surface area contributed by atoms with Crippen molar-refractivity contribution in [2.45, 2.75) is 19.9 Å². The molecule has 0 unspecified atom stereocenters. The molecule has 0 saturated carbocycles. The molecule has 3 heterocycles. The van der Waals surface area contributed by atoms with Gasteiger partial charge in [-0.15, -0.1) is 0 Å². The predicted molar refractivity (Wildman–Crippen MR) is 145 cm³/mol. The Hall–Kier alpha value is -4.28. The van der Waals surface area contributed by atoms with Crippen LogP contribution in [0.25, 0.3) is 22.5 Å². The Kier molecular flexibility index (Phi) is 7.91. The lowest BCUT2D eigenvalue weighted by Crippen LogP contribution is -2.37. The highest BCUT2D eigenvalue weighted by atomic mass is 16.5. The van der Waals surface area contributed by atoms with E-state index < -0.39 is 6.09 Å². The van der Waals surface area contributed by atoms with Gasteiger partial charge in [-0.1, -0.05) is 12.1 Å². The first kappa shape index (κ1) is 25.4. The minimum Gasteiger partial charge on any atom is -0.411 e. The van der Waals surface area contributed by atoms with Gasteiger partial charge in [0.05, 0.1) is 30.8 Å². The van der Waals surface area contributed by atoms with Crippen molar-refractivity contribution in [1.29, 1.82) is 0 Å². The Morgan fingerprint density at radius 1 is 1.13 bits per heavy atom. The number of ether oxygens (including phenoxy) is 2.